The molecule has 1 aromatic carbocycles. The second-order valence-corrected chi connectivity index (χ2v) is 7.00. The molecule has 1 aromatic rings. The Labute approximate surface area is 146 Å². The first-order valence-corrected chi connectivity index (χ1v) is 8.95. The second-order valence-electron chi connectivity index (χ2n) is 7.00. The molecule has 0 bridgehead atoms. The van der Waals surface area contributed by atoms with Gasteiger partial charge in [-0.2, -0.15) is 0 Å². The predicted molar refractivity (Wildman–Crippen MR) is 90.8 cm³/mol. The third-order valence-corrected chi connectivity index (χ3v) is 5.40. The number of nitrogens with zero attached hydrogens (tertiary/aromatic N) is 2. The quantitative estimate of drug-likeness (QED) is 0.854. The van der Waals surface area contributed by atoms with Crippen molar-refractivity contribution in [3.63, 3.8) is 0 Å². The van der Waals surface area contributed by atoms with E-state index in [0.29, 0.717) is 18.8 Å². The molecule has 7 heteroatoms. The molecule has 25 heavy (non-hydrogen) atoms. The number of ether oxygens (including phenoxy) is 2. The number of rotatable bonds is 2. The Morgan fingerprint density at radius 3 is 2.92 bits per heavy atom. The van der Waals surface area contributed by atoms with Gasteiger partial charge < -0.3 is 19.7 Å². The normalized spacial score (nSPS) is 29.8. The van der Waals surface area contributed by atoms with Gasteiger partial charge in [0.15, 0.2) is 6.29 Å². The third kappa shape index (κ3) is 3.31. The van der Waals surface area contributed by atoms with Crippen molar-refractivity contribution in [2.24, 2.45) is 0 Å². The number of amides is 1. The SMILES string of the molecule is O=C(O)N1C[C@H]2C(OC3CCCCO3)CCN2Cc2ccc(O)cc21. The van der Waals surface area contributed by atoms with Crippen molar-refractivity contribution in [2.45, 2.75) is 50.7 Å². The minimum atomic E-state index is -1.01. The van der Waals surface area contributed by atoms with Gasteiger partial charge in [0.2, 0.25) is 0 Å². The molecule has 3 aliphatic heterocycles. The lowest BCUT2D eigenvalue weighted by Crippen LogP contribution is -2.46. The molecule has 0 spiro atoms. The highest BCUT2D eigenvalue weighted by Gasteiger charge is 2.41. The van der Waals surface area contributed by atoms with Gasteiger partial charge in [0, 0.05) is 32.3 Å². The van der Waals surface area contributed by atoms with E-state index in [9.17, 15) is 15.0 Å². The summed E-state index contributed by atoms with van der Waals surface area (Å²) in [7, 11) is 0. The van der Waals surface area contributed by atoms with Crippen LogP contribution in [0.4, 0.5) is 10.5 Å². The van der Waals surface area contributed by atoms with Crippen molar-refractivity contribution in [1.82, 2.24) is 4.90 Å². The Bertz CT molecular complexity index is 646. The lowest BCUT2D eigenvalue weighted by molar-refractivity contribution is -0.191. The van der Waals surface area contributed by atoms with Gasteiger partial charge in [-0.1, -0.05) is 6.07 Å². The number of carboxylic acid groups (broad SMARTS) is 1. The van der Waals surface area contributed by atoms with E-state index in [1.54, 1.807) is 12.1 Å². The highest BCUT2D eigenvalue weighted by molar-refractivity contribution is 5.88. The number of phenolic OH excluding ortho intramolecular Hbond substituents is 1. The highest BCUT2D eigenvalue weighted by Crippen LogP contribution is 2.35. The molecule has 0 saturated carbocycles. The molecule has 3 atom stereocenters. The summed E-state index contributed by atoms with van der Waals surface area (Å²) in [5.74, 6) is 0.0791. The maximum atomic E-state index is 11.8. The van der Waals surface area contributed by atoms with E-state index in [1.165, 1.54) is 11.0 Å². The fourth-order valence-corrected chi connectivity index (χ4v) is 4.11. The zero-order valence-corrected chi connectivity index (χ0v) is 14.1. The number of anilines is 1. The van der Waals surface area contributed by atoms with Crippen LogP contribution in [0.1, 0.15) is 31.2 Å². The summed E-state index contributed by atoms with van der Waals surface area (Å²) in [5, 5.41) is 19.5. The van der Waals surface area contributed by atoms with Crippen LogP contribution in [0.2, 0.25) is 0 Å². The Kier molecular flexibility index (Phi) is 4.54. The fourth-order valence-electron chi connectivity index (χ4n) is 4.11. The van der Waals surface area contributed by atoms with Crippen molar-refractivity contribution in [3.05, 3.63) is 23.8 Å². The van der Waals surface area contributed by atoms with E-state index in [4.69, 9.17) is 9.47 Å². The number of carbonyl (C=O) groups is 1. The van der Waals surface area contributed by atoms with Crippen LogP contribution in [0, 0.1) is 0 Å². The maximum absolute atomic E-state index is 11.8. The molecule has 2 N–H and O–H groups in total. The number of hydrogen-bond acceptors (Lipinski definition) is 5. The molecule has 2 unspecified atom stereocenters. The average molecular weight is 348 g/mol. The van der Waals surface area contributed by atoms with E-state index < -0.39 is 6.09 Å². The lowest BCUT2D eigenvalue weighted by Gasteiger charge is -2.32. The zero-order chi connectivity index (χ0) is 17.4. The van der Waals surface area contributed by atoms with Crippen LogP contribution in [0.3, 0.4) is 0 Å². The topological polar surface area (TPSA) is 82.5 Å². The summed E-state index contributed by atoms with van der Waals surface area (Å²) in [5.41, 5.74) is 1.48. The molecule has 3 aliphatic rings. The minimum Gasteiger partial charge on any atom is -0.508 e. The summed E-state index contributed by atoms with van der Waals surface area (Å²) in [4.78, 5) is 15.4. The standard InChI is InChI=1S/C18H24N2O5/c21-13-5-4-12-10-19-7-6-16(25-17-3-1-2-8-24-17)15(19)11-20(18(22)23)14(12)9-13/h4-5,9,15-17,21H,1-3,6-8,10-11H2,(H,22,23)/t15-,16?,17?/m0/s1. The summed E-state index contributed by atoms with van der Waals surface area (Å²) in [6.07, 6.45) is 2.75. The molecule has 7 nitrogen and oxygen atoms in total. The van der Waals surface area contributed by atoms with E-state index in [-0.39, 0.29) is 24.2 Å². The van der Waals surface area contributed by atoms with Gasteiger partial charge in [-0.05, 0) is 37.3 Å². The van der Waals surface area contributed by atoms with Gasteiger partial charge in [0.05, 0.1) is 17.8 Å². The van der Waals surface area contributed by atoms with Gasteiger partial charge in [-0.3, -0.25) is 9.80 Å². The fraction of sp³-hybridized carbons (Fsp3) is 0.611. The zero-order valence-electron chi connectivity index (χ0n) is 14.1. The summed E-state index contributed by atoms with van der Waals surface area (Å²) in [6.45, 7) is 2.60. The van der Waals surface area contributed by atoms with Crippen molar-refractivity contribution >= 4 is 11.8 Å². The van der Waals surface area contributed by atoms with E-state index in [2.05, 4.69) is 4.90 Å². The minimum absolute atomic E-state index is 0.00355. The van der Waals surface area contributed by atoms with Gasteiger partial charge in [-0.15, -0.1) is 0 Å². The smallest absolute Gasteiger partial charge is 0.411 e. The maximum Gasteiger partial charge on any atom is 0.411 e. The van der Waals surface area contributed by atoms with E-state index >= 15 is 0 Å². The number of hydrogen-bond donors (Lipinski definition) is 2. The number of fused-ring (bicyclic) bond motifs is 2. The van der Waals surface area contributed by atoms with Gasteiger partial charge in [-0.25, -0.2) is 4.79 Å². The summed E-state index contributed by atoms with van der Waals surface area (Å²) < 4.78 is 11.9. The molecule has 4 rings (SSSR count). The molecule has 0 aromatic heterocycles. The Morgan fingerprint density at radius 2 is 2.16 bits per heavy atom. The molecule has 0 aliphatic carbocycles. The van der Waals surface area contributed by atoms with Crippen LogP contribution in [-0.4, -0.2) is 59.3 Å². The Balaban J connectivity index is 1.57. The largest absolute Gasteiger partial charge is 0.508 e. The number of aromatic hydroxyl groups is 1. The summed E-state index contributed by atoms with van der Waals surface area (Å²) >= 11 is 0. The second kappa shape index (κ2) is 6.82. The van der Waals surface area contributed by atoms with E-state index in [0.717, 1.165) is 44.4 Å². The van der Waals surface area contributed by atoms with Crippen LogP contribution in [-0.2, 0) is 16.0 Å². The number of benzene rings is 1. The highest BCUT2D eigenvalue weighted by atomic mass is 16.7. The monoisotopic (exact) mass is 348 g/mol. The Hall–Kier alpha value is -1.83. The first-order valence-electron chi connectivity index (χ1n) is 8.95. The van der Waals surface area contributed by atoms with Gasteiger partial charge in [0.25, 0.3) is 0 Å². The first kappa shape index (κ1) is 16.6. The molecule has 0 radical (unpaired) electrons. The lowest BCUT2D eigenvalue weighted by atomic mass is 10.1. The first-order chi connectivity index (χ1) is 12.1. The molecular weight excluding hydrogens is 324 g/mol. The van der Waals surface area contributed by atoms with Crippen molar-refractivity contribution < 1.29 is 24.5 Å². The van der Waals surface area contributed by atoms with Crippen molar-refractivity contribution in [3.8, 4) is 5.75 Å². The molecule has 2 saturated heterocycles. The van der Waals surface area contributed by atoms with Crippen LogP contribution in [0.5, 0.6) is 5.75 Å². The molecular formula is C18H24N2O5. The molecule has 136 valence electrons. The van der Waals surface area contributed by atoms with Crippen molar-refractivity contribution in [2.75, 3.05) is 24.6 Å². The van der Waals surface area contributed by atoms with Crippen LogP contribution in [0.15, 0.2) is 18.2 Å². The van der Waals surface area contributed by atoms with E-state index in [1.807, 2.05) is 0 Å². The third-order valence-electron chi connectivity index (χ3n) is 5.40. The molecule has 2 fully saturated rings. The van der Waals surface area contributed by atoms with Gasteiger partial charge >= 0.3 is 6.09 Å². The Morgan fingerprint density at radius 1 is 1.28 bits per heavy atom. The van der Waals surface area contributed by atoms with Crippen LogP contribution in [0.25, 0.3) is 0 Å². The number of phenols is 1. The summed E-state index contributed by atoms with van der Waals surface area (Å²) in [6, 6.07) is 4.95. The predicted octanol–water partition coefficient (Wildman–Crippen LogP) is 2.38. The van der Waals surface area contributed by atoms with Gasteiger partial charge in [0.1, 0.15) is 5.75 Å². The average Bonchev–Trinajstić information content (AvgIpc) is 2.87. The van der Waals surface area contributed by atoms with Crippen LogP contribution < -0.4 is 4.90 Å². The van der Waals surface area contributed by atoms with Crippen molar-refractivity contribution in [1.29, 1.82) is 0 Å². The van der Waals surface area contributed by atoms with Crippen LogP contribution >= 0.6 is 0 Å². The molecule has 1 amide bonds. The molecule has 3 heterocycles.